The summed E-state index contributed by atoms with van der Waals surface area (Å²) >= 11 is 0. The van der Waals surface area contributed by atoms with Gasteiger partial charge in [-0.3, -0.25) is 4.79 Å². The van der Waals surface area contributed by atoms with Gasteiger partial charge in [0.1, 0.15) is 6.10 Å². The van der Waals surface area contributed by atoms with Crippen molar-refractivity contribution in [3.8, 4) is 0 Å². The molecule has 0 aromatic rings. The zero-order chi connectivity index (χ0) is 15.0. The van der Waals surface area contributed by atoms with E-state index in [0.717, 1.165) is 0 Å². The van der Waals surface area contributed by atoms with E-state index < -0.39 is 18.3 Å². The van der Waals surface area contributed by atoms with Gasteiger partial charge in [0.25, 0.3) is 0 Å². The Bertz CT molecular complexity index is 263. The van der Waals surface area contributed by atoms with Gasteiger partial charge in [-0.1, -0.05) is 0 Å². The minimum absolute atomic E-state index is 0.0179. The van der Waals surface area contributed by atoms with Crippen molar-refractivity contribution in [1.82, 2.24) is 9.80 Å². The average Bonchev–Trinajstić information content (AvgIpc) is 2.32. The molecule has 1 amide bonds. The first-order valence-corrected chi connectivity index (χ1v) is 6.34. The summed E-state index contributed by atoms with van der Waals surface area (Å²) in [6.07, 6.45) is -3.85. The van der Waals surface area contributed by atoms with Gasteiger partial charge >= 0.3 is 0 Å². The normalized spacial score (nSPS) is 16.2. The first-order valence-electron chi connectivity index (χ1n) is 6.34. The van der Waals surface area contributed by atoms with E-state index in [1.807, 2.05) is 19.0 Å². The Balaban J connectivity index is 4.37. The van der Waals surface area contributed by atoms with Gasteiger partial charge < -0.3 is 30.2 Å². The number of carbonyl (C=O) groups excluding carboxylic acids is 1. The Labute approximate surface area is 114 Å². The fraction of sp³-hybridized carbons (Fsp3) is 0.917. The molecule has 0 radical (unpaired) electrons. The fourth-order valence-electron chi connectivity index (χ4n) is 1.59. The third-order valence-electron chi connectivity index (χ3n) is 2.88. The van der Waals surface area contributed by atoms with E-state index in [2.05, 4.69) is 0 Å². The highest BCUT2D eigenvalue weighted by molar-refractivity contribution is 5.73. The molecule has 0 aliphatic rings. The summed E-state index contributed by atoms with van der Waals surface area (Å²) in [6.45, 7) is 2.14. The SMILES string of the molecule is CC(=O)N(CCN(C)C)CC(O)C(O)C(O)CCO. The molecule has 0 aliphatic heterocycles. The van der Waals surface area contributed by atoms with Crippen molar-refractivity contribution in [3.05, 3.63) is 0 Å². The van der Waals surface area contributed by atoms with Crippen LogP contribution in [0.25, 0.3) is 0 Å². The third-order valence-corrected chi connectivity index (χ3v) is 2.88. The number of likely N-dealkylation sites (N-methyl/N-ethyl adjacent to an activating group) is 1. The van der Waals surface area contributed by atoms with E-state index in [-0.39, 0.29) is 25.5 Å². The van der Waals surface area contributed by atoms with Crippen LogP contribution in [0.2, 0.25) is 0 Å². The highest BCUT2D eigenvalue weighted by Gasteiger charge is 2.26. The average molecular weight is 278 g/mol. The highest BCUT2D eigenvalue weighted by Crippen LogP contribution is 2.06. The zero-order valence-electron chi connectivity index (χ0n) is 11.9. The number of hydrogen-bond donors (Lipinski definition) is 4. The van der Waals surface area contributed by atoms with E-state index in [1.165, 1.54) is 11.8 Å². The van der Waals surface area contributed by atoms with Crippen molar-refractivity contribution in [2.45, 2.75) is 31.7 Å². The van der Waals surface area contributed by atoms with Crippen LogP contribution in [-0.4, -0.2) is 94.8 Å². The van der Waals surface area contributed by atoms with E-state index in [4.69, 9.17) is 5.11 Å². The highest BCUT2D eigenvalue weighted by atomic mass is 16.4. The lowest BCUT2D eigenvalue weighted by Crippen LogP contribution is -2.47. The molecule has 0 fully saturated rings. The van der Waals surface area contributed by atoms with Crippen LogP contribution in [0, 0.1) is 0 Å². The molecule has 7 nitrogen and oxygen atoms in total. The summed E-state index contributed by atoms with van der Waals surface area (Å²) in [4.78, 5) is 14.7. The molecule has 0 bridgehead atoms. The molecule has 3 atom stereocenters. The lowest BCUT2D eigenvalue weighted by Gasteiger charge is -2.29. The fourth-order valence-corrected chi connectivity index (χ4v) is 1.59. The molecule has 0 spiro atoms. The van der Waals surface area contributed by atoms with Crippen LogP contribution in [0.1, 0.15) is 13.3 Å². The second-order valence-electron chi connectivity index (χ2n) is 4.91. The number of aliphatic hydroxyl groups excluding tert-OH is 4. The van der Waals surface area contributed by atoms with E-state index >= 15 is 0 Å². The summed E-state index contributed by atoms with van der Waals surface area (Å²) in [5, 5.41) is 37.6. The van der Waals surface area contributed by atoms with Crippen LogP contribution in [0.3, 0.4) is 0 Å². The second-order valence-corrected chi connectivity index (χ2v) is 4.91. The van der Waals surface area contributed by atoms with E-state index in [0.29, 0.717) is 13.1 Å². The van der Waals surface area contributed by atoms with E-state index in [9.17, 15) is 20.1 Å². The van der Waals surface area contributed by atoms with Crippen molar-refractivity contribution in [2.24, 2.45) is 0 Å². The maximum Gasteiger partial charge on any atom is 0.219 e. The Hall–Kier alpha value is -0.730. The Morgan fingerprint density at radius 2 is 1.68 bits per heavy atom. The quantitative estimate of drug-likeness (QED) is 0.384. The number of hydrogen-bond acceptors (Lipinski definition) is 6. The molecule has 0 saturated carbocycles. The van der Waals surface area contributed by atoms with Crippen LogP contribution in [-0.2, 0) is 4.79 Å². The van der Waals surface area contributed by atoms with Crippen LogP contribution in [0.5, 0.6) is 0 Å². The van der Waals surface area contributed by atoms with Crippen molar-refractivity contribution in [3.63, 3.8) is 0 Å². The van der Waals surface area contributed by atoms with Gasteiger partial charge in [-0.15, -0.1) is 0 Å². The molecule has 3 unspecified atom stereocenters. The predicted molar refractivity (Wildman–Crippen MR) is 70.5 cm³/mol. The van der Waals surface area contributed by atoms with Crippen molar-refractivity contribution in [1.29, 1.82) is 0 Å². The third kappa shape index (κ3) is 7.44. The lowest BCUT2D eigenvalue weighted by atomic mass is 10.1. The summed E-state index contributed by atoms with van der Waals surface area (Å²) in [6, 6.07) is 0. The van der Waals surface area contributed by atoms with Gasteiger partial charge in [0, 0.05) is 33.2 Å². The van der Waals surface area contributed by atoms with Crippen molar-refractivity contribution >= 4 is 5.91 Å². The Kier molecular flexibility index (Phi) is 8.86. The summed E-state index contributed by atoms with van der Waals surface area (Å²) in [7, 11) is 3.74. The standard InChI is InChI=1S/C12H26N2O5/c1-9(16)14(6-5-13(2)3)8-11(18)12(19)10(17)4-7-15/h10-12,15,17-19H,4-8H2,1-3H3. The van der Waals surface area contributed by atoms with E-state index in [1.54, 1.807) is 0 Å². The summed E-state index contributed by atoms with van der Waals surface area (Å²) < 4.78 is 0. The van der Waals surface area contributed by atoms with Crippen LogP contribution < -0.4 is 0 Å². The minimum Gasteiger partial charge on any atom is -0.396 e. The largest absolute Gasteiger partial charge is 0.396 e. The molecule has 0 heterocycles. The zero-order valence-corrected chi connectivity index (χ0v) is 11.9. The molecule has 7 heteroatoms. The Morgan fingerprint density at radius 3 is 2.11 bits per heavy atom. The van der Waals surface area contributed by atoms with Gasteiger partial charge in [0.2, 0.25) is 5.91 Å². The predicted octanol–water partition coefficient (Wildman–Crippen LogP) is -2.14. The molecule has 0 aromatic carbocycles. The van der Waals surface area contributed by atoms with Gasteiger partial charge in [0.05, 0.1) is 12.2 Å². The molecule has 4 N–H and O–H groups in total. The van der Waals surface area contributed by atoms with Gasteiger partial charge in [-0.2, -0.15) is 0 Å². The molecule has 19 heavy (non-hydrogen) atoms. The van der Waals surface area contributed by atoms with Crippen molar-refractivity contribution in [2.75, 3.05) is 40.3 Å². The maximum absolute atomic E-state index is 11.4. The first kappa shape index (κ1) is 18.3. The molecule has 114 valence electrons. The summed E-state index contributed by atoms with van der Waals surface area (Å²) in [5.74, 6) is -0.204. The van der Waals surface area contributed by atoms with Crippen LogP contribution in [0.4, 0.5) is 0 Å². The van der Waals surface area contributed by atoms with Gasteiger partial charge in [-0.25, -0.2) is 0 Å². The van der Waals surface area contributed by atoms with Crippen molar-refractivity contribution < 1.29 is 25.2 Å². The van der Waals surface area contributed by atoms with Crippen LogP contribution in [0.15, 0.2) is 0 Å². The number of carbonyl (C=O) groups is 1. The Morgan fingerprint density at radius 1 is 1.11 bits per heavy atom. The monoisotopic (exact) mass is 278 g/mol. The van der Waals surface area contributed by atoms with Gasteiger partial charge in [0.15, 0.2) is 0 Å². The minimum atomic E-state index is -1.38. The molecule has 0 rings (SSSR count). The molecule has 0 saturated heterocycles. The number of nitrogens with zero attached hydrogens (tertiary/aromatic N) is 2. The lowest BCUT2D eigenvalue weighted by molar-refractivity contribution is -0.133. The number of rotatable bonds is 9. The summed E-state index contributed by atoms with van der Waals surface area (Å²) in [5.41, 5.74) is 0. The molecule has 0 aromatic heterocycles. The number of aliphatic hydroxyl groups is 4. The molecular formula is C12H26N2O5. The number of amides is 1. The maximum atomic E-state index is 11.4. The van der Waals surface area contributed by atoms with Crippen LogP contribution >= 0.6 is 0 Å². The second kappa shape index (κ2) is 9.22. The topological polar surface area (TPSA) is 104 Å². The first-order chi connectivity index (χ1) is 8.79. The molecular weight excluding hydrogens is 252 g/mol. The molecule has 0 aliphatic carbocycles. The smallest absolute Gasteiger partial charge is 0.219 e. The van der Waals surface area contributed by atoms with Gasteiger partial charge in [-0.05, 0) is 20.5 Å².